The molecule has 0 saturated carbocycles. The van der Waals surface area contributed by atoms with Gasteiger partial charge in [0.15, 0.2) is 0 Å². The number of rotatable bonds is 0. The summed E-state index contributed by atoms with van der Waals surface area (Å²) < 4.78 is 0. The lowest BCUT2D eigenvalue weighted by atomic mass is 10.6. The van der Waals surface area contributed by atoms with Gasteiger partial charge in [0.25, 0.3) is 0 Å². The Labute approximate surface area is 30.6 Å². The van der Waals surface area contributed by atoms with Crippen LogP contribution in [0.15, 0.2) is 0 Å². The minimum atomic E-state index is 0.639. The molecule has 23 valence electrons. The molecule has 3 radical (unpaired) electrons. The molecular weight excluding hydrogens is 64.1 g/mol. The zero-order valence-corrected chi connectivity index (χ0v) is 4.08. The fourth-order valence-electron chi connectivity index (χ4n) is 0. The van der Waals surface area contributed by atoms with Crippen molar-refractivity contribution >= 4 is 10.2 Å². The van der Waals surface area contributed by atoms with E-state index in [1.54, 1.807) is 0 Å². The Balaban J connectivity index is 2.32. The van der Waals surface area contributed by atoms with Crippen LogP contribution in [0.5, 0.6) is 0 Å². The van der Waals surface area contributed by atoms with Crippen molar-refractivity contribution < 1.29 is 0 Å². The third kappa shape index (κ3) is 69.8. The highest BCUT2D eigenvalue weighted by Gasteiger charge is 1.69. The minimum Gasteiger partial charge on any atom is -0.0659 e. The van der Waals surface area contributed by atoms with Gasteiger partial charge in [-0.3, -0.25) is 0 Å². The molecule has 0 atom stereocenters. The van der Waals surface area contributed by atoms with Crippen molar-refractivity contribution in [2.75, 3.05) is 0 Å². The lowest BCUT2D eigenvalue weighted by molar-refractivity contribution is 1.08. The first-order chi connectivity index (χ1) is 1.73. The molecule has 0 aliphatic heterocycles. The van der Waals surface area contributed by atoms with E-state index in [0.717, 1.165) is 0 Å². The van der Waals surface area contributed by atoms with E-state index in [2.05, 4.69) is 24.1 Å². The van der Waals surface area contributed by atoms with Gasteiger partial charge >= 0.3 is 0 Å². The van der Waals surface area contributed by atoms with Crippen LogP contribution in [0, 0.1) is 0 Å². The average molecular weight is 71.2 g/mol. The topological polar surface area (TPSA) is 0 Å². The van der Waals surface area contributed by atoms with Gasteiger partial charge in [0.2, 0.25) is 0 Å². The molecule has 0 aromatic rings. The standard InChI is InChI=1S/C3H7Si/c1-3(2)4/h3H,1-2H3. The molecule has 0 aliphatic rings. The van der Waals surface area contributed by atoms with E-state index in [1.165, 1.54) is 0 Å². The summed E-state index contributed by atoms with van der Waals surface area (Å²) in [6.45, 7) is 4.16. The van der Waals surface area contributed by atoms with Gasteiger partial charge in [-0.2, -0.15) is 0 Å². The van der Waals surface area contributed by atoms with Crippen LogP contribution >= 0.6 is 0 Å². The van der Waals surface area contributed by atoms with Crippen molar-refractivity contribution in [3.63, 3.8) is 0 Å². The summed E-state index contributed by atoms with van der Waals surface area (Å²) >= 11 is 0. The smallest absolute Gasteiger partial charge is 0.0258 e. The van der Waals surface area contributed by atoms with Crippen molar-refractivity contribution in [1.82, 2.24) is 0 Å². The van der Waals surface area contributed by atoms with Gasteiger partial charge in [-0.25, -0.2) is 0 Å². The molecule has 0 unspecified atom stereocenters. The maximum Gasteiger partial charge on any atom is 0.0258 e. The van der Waals surface area contributed by atoms with Gasteiger partial charge in [0, 0.05) is 10.2 Å². The van der Waals surface area contributed by atoms with Crippen LogP contribution in [0.3, 0.4) is 0 Å². The Hall–Kier alpha value is 0.217. The summed E-state index contributed by atoms with van der Waals surface area (Å²) in [5.74, 6) is 0. The largest absolute Gasteiger partial charge is 0.0659 e. The minimum absolute atomic E-state index is 0.639. The van der Waals surface area contributed by atoms with Crippen molar-refractivity contribution in [2.24, 2.45) is 0 Å². The Morgan fingerprint density at radius 3 is 1.50 bits per heavy atom. The molecule has 0 fully saturated rings. The van der Waals surface area contributed by atoms with Crippen molar-refractivity contribution in [1.29, 1.82) is 0 Å². The van der Waals surface area contributed by atoms with Gasteiger partial charge in [0.05, 0.1) is 0 Å². The quantitative estimate of drug-likeness (QED) is 0.373. The molecule has 1 heteroatoms. The second-order valence-electron chi connectivity index (χ2n) is 1.15. The van der Waals surface area contributed by atoms with Gasteiger partial charge in [0.1, 0.15) is 0 Å². The van der Waals surface area contributed by atoms with Crippen LogP contribution in [0.4, 0.5) is 0 Å². The molecule has 0 aliphatic carbocycles. The van der Waals surface area contributed by atoms with Crippen molar-refractivity contribution in [2.45, 2.75) is 19.4 Å². The molecule has 0 spiro atoms. The molecule has 0 bridgehead atoms. The highest BCUT2D eigenvalue weighted by atomic mass is 28.1. The fraction of sp³-hybridized carbons (Fsp3) is 1.00. The predicted octanol–water partition coefficient (Wildman–Crippen LogP) is 0.983. The Morgan fingerprint density at radius 2 is 1.50 bits per heavy atom. The summed E-state index contributed by atoms with van der Waals surface area (Å²) in [6.07, 6.45) is 0. The van der Waals surface area contributed by atoms with E-state index in [4.69, 9.17) is 0 Å². The summed E-state index contributed by atoms with van der Waals surface area (Å²) in [7, 11) is 3.31. The maximum absolute atomic E-state index is 3.31. The first-order valence-corrected chi connectivity index (χ1v) is 2.02. The first kappa shape index (κ1) is 4.22. The monoisotopic (exact) mass is 71.0 g/mol. The number of hydrogen-bond donors (Lipinski definition) is 0. The highest BCUT2D eigenvalue weighted by molar-refractivity contribution is 6.10. The molecular formula is C3H7Si. The van der Waals surface area contributed by atoms with Gasteiger partial charge in [-0.15, -0.1) is 0 Å². The van der Waals surface area contributed by atoms with Crippen molar-refractivity contribution in [3.8, 4) is 0 Å². The lowest BCUT2D eigenvalue weighted by Crippen LogP contribution is -1.67. The average Bonchev–Trinajstić information content (AvgIpc) is 0.811. The van der Waals surface area contributed by atoms with Crippen LogP contribution in [-0.4, -0.2) is 10.2 Å². The molecule has 0 heterocycles. The molecule has 0 rings (SSSR count). The molecule has 0 aromatic heterocycles. The van der Waals surface area contributed by atoms with E-state index >= 15 is 0 Å². The first-order valence-electron chi connectivity index (χ1n) is 1.44. The summed E-state index contributed by atoms with van der Waals surface area (Å²) in [5.41, 5.74) is 0.639. The van der Waals surface area contributed by atoms with E-state index < -0.39 is 0 Å². The van der Waals surface area contributed by atoms with E-state index in [0.29, 0.717) is 5.54 Å². The second-order valence-corrected chi connectivity index (χ2v) is 2.31. The molecule has 0 saturated heterocycles. The highest BCUT2D eigenvalue weighted by Crippen LogP contribution is 1.84. The SMILES string of the molecule is CC(C)[Si]. The Kier molecular flexibility index (Phi) is 1.61. The fourth-order valence-corrected chi connectivity index (χ4v) is 0. The molecule has 0 N–H and O–H groups in total. The predicted molar refractivity (Wildman–Crippen MR) is 20.9 cm³/mol. The molecule has 4 heavy (non-hydrogen) atoms. The third-order valence-electron chi connectivity index (χ3n) is 0. The van der Waals surface area contributed by atoms with Crippen LogP contribution in [0.25, 0.3) is 0 Å². The molecule has 0 amide bonds. The molecule has 0 nitrogen and oxygen atoms in total. The Morgan fingerprint density at radius 1 is 1.50 bits per heavy atom. The molecule has 0 aromatic carbocycles. The van der Waals surface area contributed by atoms with Gasteiger partial charge < -0.3 is 0 Å². The zero-order valence-electron chi connectivity index (χ0n) is 3.08. The van der Waals surface area contributed by atoms with Gasteiger partial charge in [-0.05, 0) is 0 Å². The zero-order chi connectivity index (χ0) is 3.58. The lowest BCUT2D eigenvalue weighted by Gasteiger charge is -1.78. The summed E-state index contributed by atoms with van der Waals surface area (Å²) in [4.78, 5) is 0. The van der Waals surface area contributed by atoms with Gasteiger partial charge in [-0.1, -0.05) is 19.4 Å². The Bertz CT molecular complexity index is 8.00. The van der Waals surface area contributed by atoms with Crippen molar-refractivity contribution in [3.05, 3.63) is 0 Å². The van der Waals surface area contributed by atoms with E-state index in [9.17, 15) is 0 Å². The normalized spacial score (nSPS) is 9.00. The maximum atomic E-state index is 3.31. The summed E-state index contributed by atoms with van der Waals surface area (Å²) in [6, 6.07) is 0. The third-order valence-corrected chi connectivity index (χ3v) is 0. The van der Waals surface area contributed by atoms with Crippen LogP contribution in [-0.2, 0) is 0 Å². The van der Waals surface area contributed by atoms with Crippen LogP contribution in [0.1, 0.15) is 13.8 Å². The van der Waals surface area contributed by atoms with E-state index in [-0.39, 0.29) is 0 Å². The second kappa shape index (κ2) is 1.53. The summed E-state index contributed by atoms with van der Waals surface area (Å²) in [5, 5.41) is 0. The van der Waals surface area contributed by atoms with E-state index in [1.807, 2.05) is 0 Å². The van der Waals surface area contributed by atoms with Crippen LogP contribution < -0.4 is 0 Å². The van der Waals surface area contributed by atoms with Crippen LogP contribution in [0.2, 0.25) is 5.54 Å². The number of hydrogen-bond acceptors (Lipinski definition) is 0.